The molecule has 1 aromatic rings. The topological polar surface area (TPSA) is 90.2 Å². The predicted octanol–water partition coefficient (Wildman–Crippen LogP) is 1.29. The summed E-state index contributed by atoms with van der Waals surface area (Å²) in [6.45, 7) is -0.0321. The molecular weight excluding hydrogens is 272 g/mol. The van der Waals surface area contributed by atoms with Crippen LogP contribution in [0.4, 0.5) is 0 Å². The minimum absolute atomic E-state index is 0.0511. The zero-order chi connectivity index (χ0) is 15.7. The number of ether oxygens (including phenoxy) is 1. The minimum atomic E-state index is -0.848. The molecule has 0 unspecified atom stereocenters. The van der Waals surface area contributed by atoms with Crippen LogP contribution in [0.1, 0.15) is 24.5 Å². The monoisotopic (exact) mass is 294 g/mol. The van der Waals surface area contributed by atoms with E-state index < -0.39 is 12.2 Å². The van der Waals surface area contributed by atoms with Gasteiger partial charge in [0.1, 0.15) is 5.75 Å². The van der Waals surface area contributed by atoms with Gasteiger partial charge in [-0.15, -0.1) is 5.73 Å². The van der Waals surface area contributed by atoms with Crippen LogP contribution in [0, 0.1) is 0 Å². The molecule has 0 saturated heterocycles. The Balaban J connectivity index is 2.72. The van der Waals surface area contributed by atoms with Gasteiger partial charge in [0.15, 0.2) is 0 Å². The molecule has 2 atom stereocenters. The number of rotatable bonds is 8. The Hall–Kier alpha value is -1.62. The summed E-state index contributed by atoms with van der Waals surface area (Å²) in [5, 5.41) is 37.9. The summed E-state index contributed by atoms with van der Waals surface area (Å²) in [4.78, 5) is 0. The highest BCUT2D eigenvalue weighted by Crippen LogP contribution is 2.25. The van der Waals surface area contributed by atoms with Gasteiger partial charge in [-0.05, 0) is 17.7 Å². The van der Waals surface area contributed by atoms with E-state index in [1.807, 2.05) is 0 Å². The van der Waals surface area contributed by atoms with Gasteiger partial charge in [-0.1, -0.05) is 18.2 Å². The third-order valence-corrected chi connectivity index (χ3v) is 2.95. The van der Waals surface area contributed by atoms with Crippen LogP contribution in [0.25, 0.3) is 0 Å². The summed E-state index contributed by atoms with van der Waals surface area (Å²) in [6.07, 6.45) is 0.493. The first-order valence-corrected chi connectivity index (χ1v) is 6.75. The maximum absolute atomic E-state index is 10.0. The van der Waals surface area contributed by atoms with Crippen molar-refractivity contribution in [3.05, 3.63) is 47.2 Å². The molecule has 0 aliphatic carbocycles. The SMILES string of the molecule is COCC(=C=CC[C@@H](O)c1ccccc1O)C[C@@H](O)CO. The predicted molar refractivity (Wildman–Crippen MR) is 78.9 cm³/mol. The van der Waals surface area contributed by atoms with E-state index in [9.17, 15) is 15.3 Å². The van der Waals surface area contributed by atoms with Crippen LogP contribution in [0.3, 0.4) is 0 Å². The van der Waals surface area contributed by atoms with Crippen molar-refractivity contribution in [1.82, 2.24) is 0 Å². The third kappa shape index (κ3) is 6.12. The molecule has 0 bridgehead atoms. The van der Waals surface area contributed by atoms with Crippen molar-refractivity contribution in [2.45, 2.75) is 25.0 Å². The lowest BCUT2D eigenvalue weighted by molar-refractivity contribution is 0.0914. The molecule has 0 heterocycles. The fourth-order valence-electron chi connectivity index (χ4n) is 1.89. The Labute approximate surface area is 124 Å². The van der Waals surface area contributed by atoms with E-state index in [0.29, 0.717) is 17.7 Å². The van der Waals surface area contributed by atoms with E-state index in [-0.39, 0.29) is 25.2 Å². The van der Waals surface area contributed by atoms with Gasteiger partial charge >= 0.3 is 0 Å². The fraction of sp³-hybridized carbons (Fsp3) is 0.438. The van der Waals surface area contributed by atoms with E-state index in [4.69, 9.17) is 9.84 Å². The maximum Gasteiger partial charge on any atom is 0.121 e. The Bertz CT molecular complexity index is 491. The number of aromatic hydroxyl groups is 1. The third-order valence-electron chi connectivity index (χ3n) is 2.95. The number of aliphatic hydroxyl groups excluding tert-OH is 3. The summed E-state index contributed by atoms with van der Waals surface area (Å²) in [5.41, 5.74) is 4.12. The number of benzene rings is 1. The molecule has 0 spiro atoms. The molecule has 0 saturated carbocycles. The molecule has 5 heteroatoms. The molecule has 5 nitrogen and oxygen atoms in total. The maximum atomic E-state index is 10.0. The zero-order valence-corrected chi connectivity index (χ0v) is 12.1. The normalized spacial score (nSPS) is 13.3. The van der Waals surface area contributed by atoms with Gasteiger partial charge in [0.25, 0.3) is 0 Å². The van der Waals surface area contributed by atoms with E-state index in [2.05, 4.69) is 5.73 Å². The Kier molecular flexibility index (Phi) is 7.75. The van der Waals surface area contributed by atoms with Crippen molar-refractivity contribution in [3.63, 3.8) is 0 Å². The van der Waals surface area contributed by atoms with E-state index in [1.165, 1.54) is 13.2 Å². The Morgan fingerprint density at radius 1 is 1.33 bits per heavy atom. The molecule has 0 fully saturated rings. The molecule has 1 rings (SSSR count). The lowest BCUT2D eigenvalue weighted by Gasteiger charge is -2.10. The van der Waals surface area contributed by atoms with Crippen LogP contribution in [0.2, 0.25) is 0 Å². The van der Waals surface area contributed by atoms with Gasteiger partial charge in [0.2, 0.25) is 0 Å². The summed E-state index contributed by atoms with van der Waals surface area (Å²) >= 11 is 0. The molecule has 4 N–H and O–H groups in total. The van der Waals surface area contributed by atoms with Gasteiger partial charge in [-0.25, -0.2) is 0 Å². The molecule has 0 aliphatic rings. The molecule has 0 aliphatic heterocycles. The molecule has 1 aromatic carbocycles. The molecule has 116 valence electrons. The molecular formula is C16H22O5. The highest BCUT2D eigenvalue weighted by Gasteiger charge is 2.10. The van der Waals surface area contributed by atoms with Crippen molar-refractivity contribution >= 4 is 0 Å². The average molecular weight is 294 g/mol. The number of aliphatic hydroxyl groups is 3. The van der Waals surface area contributed by atoms with E-state index in [0.717, 1.165) is 0 Å². The van der Waals surface area contributed by atoms with Crippen LogP contribution >= 0.6 is 0 Å². The summed E-state index contributed by atoms with van der Waals surface area (Å²) in [6, 6.07) is 6.61. The van der Waals surface area contributed by atoms with Gasteiger partial charge in [0.05, 0.1) is 25.4 Å². The smallest absolute Gasteiger partial charge is 0.121 e. The molecule has 0 aromatic heterocycles. The number of phenols is 1. The molecule has 0 radical (unpaired) electrons. The van der Waals surface area contributed by atoms with Gasteiger partial charge in [0, 0.05) is 25.5 Å². The summed E-state index contributed by atoms with van der Waals surface area (Å²) < 4.78 is 5.00. The highest BCUT2D eigenvalue weighted by molar-refractivity contribution is 5.33. The van der Waals surface area contributed by atoms with E-state index >= 15 is 0 Å². The number of phenolic OH excluding ortho intramolecular Hbond substituents is 1. The van der Waals surface area contributed by atoms with Gasteiger partial charge < -0.3 is 25.2 Å². The lowest BCUT2D eigenvalue weighted by Crippen LogP contribution is -2.14. The first-order valence-electron chi connectivity index (χ1n) is 6.75. The average Bonchev–Trinajstić information content (AvgIpc) is 2.47. The van der Waals surface area contributed by atoms with E-state index in [1.54, 1.807) is 24.3 Å². The van der Waals surface area contributed by atoms with Crippen LogP contribution in [0.5, 0.6) is 5.75 Å². The number of methoxy groups -OCH3 is 1. The van der Waals surface area contributed by atoms with Crippen LogP contribution in [-0.2, 0) is 4.74 Å². The number of hydrogen-bond acceptors (Lipinski definition) is 5. The second-order valence-electron chi connectivity index (χ2n) is 4.74. The van der Waals surface area contributed by atoms with Crippen molar-refractivity contribution in [1.29, 1.82) is 0 Å². The Morgan fingerprint density at radius 2 is 2.05 bits per heavy atom. The molecule has 21 heavy (non-hydrogen) atoms. The van der Waals surface area contributed by atoms with Crippen molar-refractivity contribution in [2.75, 3.05) is 20.3 Å². The largest absolute Gasteiger partial charge is 0.508 e. The highest BCUT2D eigenvalue weighted by atomic mass is 16.5. The number of para-hydroxylation sites is 1. The minimum Gasteiger partial charge on any atom is -0.508 e. The first kappa shape index (κ1) is 17.4. The van der Waals surface area contributed by atoms with Crippen molar-refractivity contribution < 1.29 is 25.2 Å². The van der Waals surface area contributed by atoms with Gasteiger partial charge in [-0.3, -0.25) is 0 Å². The fourth-order valence-corrected chi connectivity index (χ4v) is 1.89. The first-order chi connectivity index (χ1) is 10.1. The standard InChI is InChI=1S/C16H22O5/c1-21-11-12(9-13(18)10-17)5-4-8-16(20)14-6-2-3-7-15(14)19/h2-4,6-7,13,16-20H,8-11H2,1H3/t5?,13-,16-/m1/s1. The summed E-state index contributed by atoms with van der Waals surface area (Å²) in [7, 11) is 1.53. The second kappa shape index (κ2) is 9.34. The molecule has 0 amide bonds. The zero-order valence-electron chi connectivity index (χ0n) is 12.1. The lowest BCUT2D eigenvalue weighted by atomic mass is 10.0. The Morgan fingerprint density at radius 3 is 2.67 bits per heavy atom. The summed E-state index contributed by atoms with van der Waals surface area (Å²) in [5.74, 6) is 0.0511. The van der Waals surface area contributed by atoms with Crippen LogP contribution in [-0.4, -0.2) is 46.9 Å². The van der Waals surface area contributed by atoms with Gasteiger partial charge in [-0.2, -0.15) is 0 Å². The van der Waals surface area contributed by atoms with Crippen molar-refractivity contribution in [2.24, 2.45) is 0 Å². The van der Waals surface area contributed by atoms with Crippen LogP contribution in [0.15, 0.2) is 41.6 Å². The number of hydrogen-bond donors (Lipinski definition) is 4. The second-order valence-corrected chi connectivity index (χ2v) is 4.74. The van der Waals surface area contributed by atoms with Crippen molar-refractivity contribution in [3.8, 4) is 5.75 Å². The quantitative estimate of drug-likeness (QED) is 0.542. The van der Waals surface area contributed by atoms with Crippen LogP contribution < -0.4 is 0 Å².